The molecule has 1 rings (SSSR count). The second-order valence-electron chi connectivity index (χ2n) is 5.88. The third-order valence-electron chi connectivity index (χ3n) is 3.66. The fraction of sp³-hybridized carbons (Fsp3) is 0.632. The molecule has 1 aromatic carbocycles. The first kappa shape index (κ1) is 26.0. The molecule has 0 aromatic heterocycles. The normalized spacial score (nSPS) is 12.4. The van der Waals surface area contributed by atoms with E-state index < -0.39 is 11.6 Å². The van der Waals surface area contributed by atoms with Gasteiger partial charge in [0.15, 0.2) is 17.6 Å². The van der Waals surface area contributed by atoms with Gasteiger partial charge in [0.2, 0.25) is 0 Å². The second-order valence-corrected chi connectivity index (χ2v) is 5.88. The maximum Gasteiger partial charge on any atom is 0.191 e. The molecule has 2 N–H and O–H groups in total. The molecule has 1 atom stereocenters. The number of unbranched alkanes of at least 4 members (excludes halogenated alkanes) is 1. The summed E-state index contributed by atoms with van der Waals surface area (Å²) in [6, 6.07) is 3.67. The number of ether oxygens (including phenoxy) is 2. The van der Waals surface area contributed by atoms with Crippen LogP contribution in [-0.2, 0) is 9.47 Å². The van der Waals surface area contributed by atoms with Gasteiger partial charge in [-0.05, 0) is 38.0 Å². The Morgan fingerprint density at radius 2 is 1.78 bits per heavy atom. The Hall–Kier alpha value is -1.00. The fourth-order valence-corrected chi connectivity index (χ4v) is 2.18. The number of benzene rings is 1. The highest BCUT2D eigenvalue weighted by Crippen LogP contribution is 2.15. The van der Waals surface area contributed by atoms with E-state index in [9.17, 15) is 8.78 Å². The van der Waals surface area contributed by atoms with Crippen LogP contribution in [0.3, 0.4) is 0 Å². The Bertz CT molecular complexity index is 548. The Balaban J connectivity index is 0.00000676. The van der Waals surface area contributed by atoms with Crippen molar-refractivity contribution in [1.82, 2.24) is 10.6 Å². The van der Waals surface area contributed by atoms with Gasteiger partial charge in [-0.15, -0.1) is 24.0 Å². The van der Waals surface area contributed by atoms with Crippen LogP contribution >= 0.6 is 24.0 Å². The number of rotatable bonds is 12. The summed E-state index contributed by atoms with van der Waals surface area (Å²) >= 11 is 0. The summed E-state index contributed by atoms with van der Waals surface area (Å²) in [6.45, 7) is 9.55. The van der Waals surface area contributed by atoms with Crippen molar-refractivity contribution in [3.05, 3.63) is 35.4 Å². The molecule has 0 bridgehead atoms. The van der Waals surface area contributed by atoms with Crippen LogP contribution in [0.5, 0.6) is 0 Å². The SMILES string of the molecule is CCCCOCCOCCN=C(NCC)NC(C)c1ccc(F)c(F)c1.I. The lowest BCUT2D eigenvalue weighted by Gasteiger charge is -2.18. The first-order valence-corrected chi connectivity index (χ1v) is 9.23. The van der Waals surface area contributed by atoms with Gasteiger partial charge in [0.1, 0.15) is 0 Å². The molecule has 0 saturated heterocycles. The van der Waals surface area contributed by atoms with Gasteiger partial charge >= 0.3 is 0 Å². The summed E-state index contributed by atoms with van der Waals surface area (Å²) in [6.07, 6.45) is 2.19. The summed E-state index contributed by atoms with van der Waals surface area (Å²) in [5, 5.41) is 6.30. The van der Waals surface area contributed by atoms with Crippen molar-refractivity contribution in [2.24, 2.45) is 4.99 Å². The maximum atomic E-state index is 13.4. The molecule has 0 amide bonds. The van der Waals surface area contributed by atoms with Gasteiger partial charge in [-0.2, -0.15) is 0 Å². The number of halogens is 3. The third kappa shape index (κ3) is 11.4. The fourth-order valence-electron chi connectivity index (χ4n) is 2.18. The molecule has 0 aliphatic carbocycles. The van der Waals surface area contributed by atoms with Crippen molar-refractivity contribution >= 4 is 29.9 Å². The predicted octanol–water partition coefficient (Wildman–Crippen LogP) is 4.03. The van der Waals surface area contributed by atoms with E-state index in [-0.39, 0.29) is 30.0 Å². The van der Waals surface area contributed by atoms with Gasteiger partial charge in [0.25, 0.3) is 0 Å². The second kappa shape index (κ2) is 16.0. The predicted molar refractivity (Wildman–Crippen MR) is 116 cm³/mol. The van der Waals surface area contributed by atoms with Crippen LogP contribution in [0.4, 0.5) is 8.78 Å². The largest absolute Gasteiger partial charge is 0.379 e. The minimum atomic E-state index is -0.854. The molecule has 1 unspecified atom stereocenters. The highest BCUT2D eigenvalue weighted by molar-refractivity contribution is 14.0. The number of hydrogen-bond acceptors (Lipinski definition) is 3. The summed E-state index contributed by atoms with van der Waals surface area (Å²) in [5.74, 6) is -1.10. The molecule has 1 aromatic rings. The molecular formula is C19H32F2IN3O2. The van der Waals surface area contributed by atoms with E-state index in [0.29, 0.717) is 44.4 Å². The van der Waals surface area contributed by atoms with Crippen LogP contribution in [0.2, 0.25) is 0 Å². The Morgan fingerprint density at radius 3 is 2.41 bits per heavy atom. The van der Waals surface area contributed by atoms with Gasteiger partial charge in [-0.3, -0.25) is 4.99 Å². The monoisotopic (exact) mass is 499 g/mol. The highest BCUT2D eigenvalue weighted by atomic mass is 127. The molecule has 0 spiro atoms. The average Bonchev–Trinajstić information content (AvgIpc) is 2.62. The Kier molecular flexibility index (Phi) is 15.4. The van der Waals surface area contributed by atoms with Crippen molar-refractivity contribution in [2.45, 2.75) is 39.7 Å². The van der Waals surface area contributed by atoms with E-state index in [0.717, 1.165) is 25.5 Å². The van der Waals surface area contributed by atoms with E-state index in [1.54, 1.807) is 6.07 Å². The molecule has 5 nitrogen and oxygen atoms in total. The zero-order valence-corrected chi connectivity index (χ0v) is 18.7. The standard InChI is InChI=1S/C19H31F2N3O2.HI/c1-4-6-10-25-12-13-26-11-9-23-19(22-5-2)24-15(3)16-7-8-17(20)18(21)14-16;/h7-8,14-15H,4-6,9-13H2,1-3H3,(H2,22,23,24);1H. The minimum absolute atomic E-state index is 0. The van der Waals surface area contributed by atoms with Crippen LogP contribution in [0.1, 0.15) is 45.2 Å². The van der Waals surface area contributed by atoms with Gasteiger partial charge in [-0.25, -0.2) is 8.78 Å². The van der Waals surface area contributed by atoms with E-state index in [1.165, 1.54) is 6.07 Å². The Morgan fingerprint density at radius 1 is 1.07 bits per heavy atom. The number of hydrogen-bond donors (Lipinski definition) is 2. The van der Waals surface area contributed by atoms with E-state index >= 15 is 0 Å². The van der Waals surface area contributed by atoms with E-state index in [1.807, 2.05) is 13.8 Å². The van der Waals surface area contributed by atoms with Crippen molar-refractivity contribution < 1.29 is 18.3 Å². The molecule has 0 aliphatic heterocycles. The summed E-state index contributed by atoms with van der Waals surface area (Å²) < 4.78 is 37.3. The van der Waals surface area contributed by atoms with Crippen molar-refractivity contribution in [2.75, 3.05) is 39.5 Å². The minimum Gasteiger partial charge on any atom is -0.379 e. The molecule has 0 aliphatic rings. The van der Waals surface area contributed by atoms with Crippen molar-refractivity contribution in [3.8, 4) is 0 Å². The summed E-state index contributed by atoms with van der Waals surface area (Å²) in [5.41, 5.74) is 0.648. The first-order valence-electron chi connectivity index (χ1n) is 9.23. The molecule has 0 heterocycles. The van der Waals surface area contributed by atoms with Crippen molar-refractivity contribution in [1.29, 1.82) is 0 Å². The summed E-state index contributed by atoms with van der Waals surface area (Å²) in [4.78, 5) is 4.43. The first-order chi connectivity index (χ1) is 12.6. The number of aliphatic imine (C=N–C) groups is 1. The molecule has 0 saturated carbocycles. The molecular weight excluding hydrogens is 467 g/mol. The van der Waals surface area contributed by atoms with Crippen LogP contribution < -0.4 is 10.6 Å². The molecule has 8 heteroatoms. The lowest BCUT2D eigenvalue weighted by Crippen LogP contribution is -2.39. The smallest absolute Gasteiger partial charge is 0.191 e. The van der Waals surface area contributed by atoms with Crippen LogP contribution in [0.15, 0.2) is 23.2 Å². The zero-order chi connectivity index (χ0) is 19.2. The van der Waals surface area contributed by atoms with Crippen LogP contribution in [-0.4, -0.2) is 45.5 Å². The molecule has 27 heavy (non-hydrogen) atoms. The maximum absolute atomic E-state index is 13.4. The van der Waals surface area contributed by atoms with Crippen LogP contribution in [0.25, 0.3) is 0 Å². The average molecular weight is 499 g/mol. The number of guanidine groups is 1. The van der Waals surface area contributed by atoms with Crippen LogP contribution in [0, 0.1) is 11.6 Å². The zero-order valence-electron chi connectivity index (χ0n) is 16.4. The molecule has 0 fully saturated rings. The van der Waals surface area contributed by atoms with Gasteiger partial charge < -0.3 is 20.1 Å². The van der Waals surface area contributed by atoms with E-state index in [4.69, 9.17) is 9.47 Å². The Labute approximate surface area is 178 Å². The van der Waals surface area contributed by atoms with Gasteiger partial charge in [0, 0.05) is 13.2 Å². The lowest BCUT2D eigenvalue weighted by atomic mass is 10.1. The number of nitrogens with zero attached hydrogens (tertiary/aromatic N) is 1. The summed E-state index contributed by atoms with van der Waals surface area (Å²) in [7, 11) is 0. The van der Waals surface area contributed by atoms with E-state index in [2.05, 4.69) is 22.5 Å². The lowest BCUT2D eigenvalue weighted by molar-refractivity contribution is 0.0497. The van der Waals surface area contributed by atoms with Gasteiger partial charge in [-0.1, -0.05) is 19.4 Å². The van der Waals surface area contributed by atoms with Crippen molar-refractivity contribution in [3.63, 3.8) is 0 Å². The number of nitrogens with one attached hydrogen (secondary N) is 2. The molecule has 0 radical (unpaired) electrons. The third-order valence-corrected chi connectivity index (χ3v) is 3.66. The van der Waals surface area contributed by atoms with Gasteiger partial charge in [0.05, 0.1) is 32.4 Å². The topological polar surface area (TPSA) is 54.9 Å². The quantitative estimate of drug-likeness (QED) is 0.197. The molecule has 156 valence electrons. The highest BCUT2D eigenvalue weighted by Gasteiger charge is 2.10.